The standard InChI is InChI=1S/C28H36O5/c1-18(22-19(2)17-27(6,31)21(4)32-22)15-13-11-9-8-10-12-14-16-26(5)24-20(3)23(29)28(26,7)25(30)33-24/h8-17,20-22,24,31H,1-7H3. The van der Waals surface area contributed by atoms with Crippen LogP contribution in [-0.4, -0.2) is 40.8 Å². The summed E-state index contributed by atoms with van der Waals surface area (Å²) in [6, 6.07) is 0. The molecule has 7 unspecified atom stereocenters. The highest BCUT2D eigenvalue weighted by Crippen LogP contribution is 2.60. The molecular weight excluding hydrogens is 416 g/mol. The predicted molar refractivity (Wildman–Crippen MR) is 129 cm³/mol. The molecule has 5 heteroatoms. The van der Waals surface area contributed by atoms with E-state index in [9.17, 15) is 14.7 Å². The number of Topliss-reactive ketones (excluding diaryl/α,β-unsaturated/α-hetero) is 1. The lowest BCUT2D eigenvalue weighted by atomic mass is 9.68. The Morgan fingerprint density at radius 1 is 1.00 bits per heavy atom. The number of esters is 1. The zero-order valence-corrected chi connectivity index (χ0v) is 20.7. The molecule has 0 amide bonds. The van der Waals surface area contributed by atoms with Crippen molar-refractivity contribution < 1.29 is 24.2 Å². The molecule has 2 heterocycles. The van der Waals surface area contributed by atoms with Crippen molar-refractivity contribution in [3.63, 3.8) is 0 Å². The average Bonchev–Trinajstić information content (AvgIpc) is 3.02. The number of fused-ring (bicyclic) bond motifs is 2. The number of hydrogen-bond donors (Lipinski definition) is 1. The molecule has 5 nitrogen and oxygen atoms in total. The van der Waals surface area contributed by atoms with Gasteiger partial charge in [0.05, 0.1) is 18.1 Å². The smallest absolute Gasteiger partial charge is 0.320 e. The predicted octanol–water partition coefficient (Wildman–Crippen LogP) is 4.80. The minimum absolute atomic E-state index is 0.0302. The molecule has 0 aromatic heterocycles. The van der Waals surface area contributed by atoms with Gasteiger partial charge in [-0.1, -0.05) is 68.5 Å². The van der Waals surface area contributed by atoms with Crippen LogP contribution in [0.5, 0.6) is 0 Å². The molecule has 0 aromatic rings. The van der Waals surface area contributed by atoms with Crippen LogP contribution in [0, 0.1) is 16.7 Å². The maximum Gasteiger partial charge on any atom is 0.320 e. The molecule has 0 radical (unpaired) electrons. The second-order valence-corrected chi connectivity index (χ2v) is 10.1. The van der Waals surface area contributed by atoms with Crippen molar-refractivity contribution in [2.45, 2.75) is 72.4 Å². The molecule has 2 fully saturated rings. The van der Waals surface area contributed by atoms with Crippen molar-refractivity contribution in [1.82, 2.24) is 0 Å². The molecule has 2 bridgehead atoms. The van der Waals surface area contributed by atoms with Crippen molar-refractivity contribution in [2.75, 3.05) is 0 Å². The van der Waals surface area contributed by atoms with Crippen molar-refractivity contribution in [1.29, 1.82) is 0 Å². The summed E-state index contributed by atoms with van der Waals surface area (Å²) < 4.78 is 11.5. The van der Waals surface area contributed by atoms with E-state index in [1.807, 2.05) is 95.4 Å². The third-order valence-corrected chi connectivity index (χ3v) is 7.65. The van der Waals surface area contributed by atoms with Gasteiger partial charge >= 0.3 is 5.97 Å². The van der Waals surface area contributed by atoms with Gasteiger partial charge in [-0.25, -0.2) is 0 Å². The zero-order chi connectivity index (χ0) is 24.6. The molecule has 3 aliphatic rings. The summed E-state index contributed by atoms with van der Waals surface area (Å²) >= 11 is 0. The summed E-state index contributed by atoms with van der Waals surface area (Å²) in [4.78, 5) is 24.8. The second-order valence-electron chi connectivity index (χ2n) is 10.1. The van der Waals surface area contributed by atoms with Crippen LogP contribution in [0.4, 0.5) is 0 Å². The van der Waals surface area contributed by atoms with Crippen molar-refractivity contribution in [2.24, 2.45) is 16.7 Å². The Kier molecular flexibility index (Phi) is 6.88. The van der Waals surface area contributed by atoms with Gasteiger partial charge in [-0.05, 0) is 51.8 Å². The fourth-order valence-corrected chi connectivity index (χ4v) is 5.14. The van der Waals surface area contributed by atoms with Gasteiger partial charge in [0.15, 0.2) is 5.78 Å². The molecule has 1 aliphatic carbocycles. The molecule has 2 aliphatic heterocycles. The Labute approximate surface area is 197 Å². The number of carbonyl (C=O) groups excluding carboxylic acids is 2. The summed E-state index contributed by atoms with van der Waals surface area (Å²) in [5.74, 6) is -0.718. The van der Waals surface area contributed by atoms with Gasteiger partial charge in [-0.2, -0.15) is 0 Å². The monoisotopic (exact) mass is 452 g/mol. The molecule has 1 saturated heterocycles. The quantitative estimate of drug-likeness (QED) is 0.271. The number of allylic oxidation sites excluding steroid dienone is 8. The molecule has 1 N–H and O–H groups in total. The van der Waals surface area contributed by atoms with E-state index >= 15 is 0 Å². The third kappa shape index (κ3) is 4.24. The first-order valence-corrected chi connectivity index (χ1v) is 11.5. The molecular formula is C28H36O5. The Morgan fingerprint density at radius 3 is 2.18 bits per heavy atom. The normalized spacial score (nSPS) is 41.8. The molecule has 7 atom stereocenters. The van der Waals surface area contributed by atoms with Crippen LogP contribution in [0.15, 0.2) is 71.9 Å². The van der Waals surface area contributed by atoms with E-state index in [2.05, 4.69) is 0 Å². The Hall–Kier alpha value is -2.50. The van der Waals surface area contributed by atoms with Gasteiger partial charge in [-0.3, -0.25) is 9.59 Å². The van der Waals surface area contributed by atoms with E-state index in [4.69, 9.17) is 9.47 Å². The largest absolute Gasteiger partial charge is 0.460 e. The van der Waals surface area contributed by atoms with Gasteiger partial charge in [0.2, 0.25) is 0 Å². The van der Waals surface area contributed by atoms with Gasteiger partial charge in [-0.15, -0.1) is 0 Å². The highest BCUT2D eigenvalue weighted by atomic mass is 16.6. The Balaban J connectivity index is 1.56. The number of rotatable bonds is 6. The molecule has 0 aromatic carbocycles. The van der Waals surface area contributed by atoms with E-state index in [1.165, 1.54) is 0 Å². The lowest BCUT2D eigenvalue weighted by Crippen LogP contribution is -2.44. The van der Waals surface area contributed by atoms with Crippen molar-refractivity contribution >= 4 is 11.8 Å². The van der Waals surface area contributed by atoms with Crippen LogP contribution < -0.4 is 0 Å². The third-order valence-electron chi connectivity index (χ3n) is 7.65. The topological polar surface area (TPSA) is 72.8 Å². The summed E-state index contributed by atoms with van der Waals surface area (Å²) in [5.41, 5.74) is -0.596. The number of aliphatic hydroxyl groups is 1. The first-order valence-electron chi connectivity index (χ1n) is 11.5. The Morgan fingerprint density at radius 2 is 1.58 bits per heavy atom. The van der Waals surface area contributed by atoms with E-state index < -0.39 is 28.5 Å². The molecule has 1 saturated carbocycles. The summed E-state index contributed by atoms with van der Waals surface area (Å²) in [6.07, 6.45) is 18.4. The highest BCUT2D eigenvalue weighted by Gasteiger charge is 2.73. The van der Waals surface area contributed by atoms with Crippen molar-refractivity contribution in [3.05, 3.63) is 71.9 Å². The van der Waals surface area contributed by atoms with E-state index in [0.717, 1.165) is 11.1 Å². The number of carbonyl (C=O) groups is 2. The number of hydrogen-bond acceptors (Lipinski definition) is 5. The number of ketones is 1. The number of ether oxygens (including phenoxy) is 2. The van der Waals surface area contributed by atoms with E-state index in [1.54, 1.807) is 13.8 Å². The van der Waals surface area contributed by atoms with Gasteiger partial charge < -0.3 is 14.6 Å². The first kappa shape index (κ1) is 25.1. The van der Waals surface area contributed by atoms with Crippen LogP contribution in [0.1, 0.15) is 48.5 Å². The highest BCUT2D eigenvalue weighted by molar-refractivity contribution is 6.10. The molecule has 3 rings (SSSR count). The summed E-state index contributed by atoms with van der Waals surface area (Å²) in [6.45, 7) is 13.1. The minimum Gasteiger partial charge on any atom is -0.460 e. The minimum atomic E-state index is -1.10. The molecule has 0 spiro atoms. The molecule has 178 valence electrons. The van der Waals surface area contributed by atoms with Crippen LogP contribution in [0.25, 0.3) is 0 Å². The Bertz CT molecular complexity index is 992. The van der Waals surface area contributed by atoms with E-state index in [0.29, 0.717) is 0 Å². The fraction of sp³-hybridized carbons (Fsp3) is 0.500. The second kappa shape index (κ2) is 9.03. The summed E-state index contributed by atoms with van der Waals surface area (Å²) in [7, 11) is 0. The van der Waals surface area contributed by atoms with Gasteiger partial charge in [0, 0.05) is 5.41 Å². The maximum absolute atomic E-state index is 12.6. The van der Waals surface area contributed by atoms with Gasteiger partial charge in [0.1, 0.15) is 17.1 Å². The SMILES string of the molecule is CC(=CC=CC=CC=CC=CC1(C)C2OC(=O)C1(C)C(=O)C2C)C1OC(C)C(C)(O)C=C1C. The van der Waals surface area contributed by atoms with Crippen LogP contribution in [0.2, 0.25) is 0 Å². The lowest BCUT2D eigenvalue weighted by molar-refractivity contribution is -0.161. The molecule has 33 heavy (non-hydrogen) atoms. The van der Waals surface area contributed by atoms with Crippen LogP contribution in [0.3, 0.4) is 0 Å². The summed E-state index contributed by atoms with van der Waals surface area (Å²) in [5, 5.41) is 10.3. The van der Waals surface area contributed by atoms with Crippen LogP contribution >= 0.6 is 0 Å². The zero-order valence-electron chi connectivity index (χ0n) is 20.7. The van der Waals surface area contributed by atoms with Crippen molar-refractivity contribution in [3.8, 4) is 0 Å². The van der Waals surface area contributed by atoms with Crippen LogP contribution in [-0.2, 0) is 19.1 Å². The lowest BCUT2D eigenvalue weighted by Gasteiger charge is -2.37. The first-order chi connectivity index (χ1) is 15.4. The average molecular weight is 453 g/mol. The van der Waals surface area contributed by atoms with E-state index in [-0.39, 0.29) is 23.9 Å². The van der Waals surface area contributed by atoms with Gasteiger partial charge in [0.25, 0.3) is 0 Å². The maximum atomic E-state index is 12.6. The fourth-order valence-electron chi connectivity index (χ4n) is 5.14.